The molecule has 1 aliphatic carbocycles. The van der Waals surface area contributed by atoms with Gasteiger partial charge in [0, 0.05) is 26.3 Å². The van der Waals surface area contributed by atoms with Crippen molar-refractivity contribution in [2.45, 2.75) is 31.7 Å². The largest absolute Gasteiger partial charge is 0.352 e. The van der Waals surface area contributed by atoms with Gasteiger partial charge in [0.1, 0.15) is 6.54 Å². The summed E-state index contributed by atoms with van der Waals surface area (Å²) >= 11 is 0. The first-order valence-corrected chi connectivity index (χ1v) is 7.61. The topological polar surface area (TPSA) is 68.8 Å². The normalized spacial score (nSPS) is 18.6. The number of carbonyl (C=O) groups excluding carboxylic acids is 2. The minimum Gasteiger partial charge on any atom is -0.352 e. The number of amides is 3. The van der Waals surface area contributed by atoms with Crippen LogP contribution in [0.1, 0.15) is 25.7 Å². The van der Waals surface area contributed by atoms with Gasteiger partial charge in [-0.1, -0.05) is 12.8 Å². The van der Waals surface area contributed by atoms with Gasteiger partial charge in [0.15, 0.2) is 5.82 Å². The van der Waals surface area contributed by atoms with Crippen molar-refractivity contribution >= 4 is 23.4 Å². The molecule has 0 spiro atoms. The van der Waals surface area contributed by atoms with Crippen LogP contribution < -0.4 is 15.2 Å². The average Bonchev–Trinajstić information content (AvgIpc) is 3.02. The Hall–Kier alpha value is -2.31. The first-order valence-electron chi connectivity index (χ1n) is 7.61. The molecule has 1 aromatic rings. The standard InChI is InChI=1S/C15H21N5O2/c1-18-14-12(8-5-9-16-14)20(15(22)19(18)2)10-13(21)17-11-6-3-4-7-11/h5,8-9,11H,3-4,6-7,10H2,1-2H3,(H,17,21). The van der Waals surface area contributed by atoms with Crippen molar-refractivity contribution in [2.24, 2.45) is 0 Å². The predicted octanol–water partition coefficient (Wildman–Crippen LogP) is 1.36. The number of anilines is 2. The molecule has 1 saturated carbocycles. The SMILES string of the molecule is CN1C(=O)N(CC(=O)NC2CCCC2)c2cccnc2N1C. The Balaban J connectivity index is 1.78. The van der Waals surface area contributed by atoms with Crippen LogP contribution in [0.2, 0.25) is 0 Å². The third kappa shape index (κ3) is 2.58. The summed E-state index contributed by atoms with van der Waals surface area (Å²) in [5.41, 5.74) is 0.662. The highest BCUT2D eigenvalue weighted by Crippen LogP contribution is 2.31. The van der Waals surface area contributed by atoms with Crippen molar-refractivity contribution in [3.05, 3.63) is 18.3 Å². The van der Waals surface area contributed by atoms with Gasteiger partial charge in [-0.25, -0.2) is 14.8 Å². The van der Waals surface area contributed by atoms with Gasteiger partial charge < -0.3 is 5.32 Å². The zero-order valence-corrected chi connectivity index (χ0v) is 13.0. The summed E-state index contributed by atoms with van der Waals surface area (Å²) in [6.07, 6.45) is 6.05. The molecule has 0 radical (unpaired) electrons. The van der Waals surface area contributed by atoms with Crippen LogP contribution in [-0.4, -0.2) is 48.6 Å². The first kappa shape index (κ1) is 14.6. The average molecular weight is 303 g/mol. The highest BCUT2D eigenvalue weighted by molar-refractivity contribution is 6.02. The molecule has 7 nitrogen and oxygen atoms in total. The van der Waals surface area contributed by atoms with Gasteiger partial charge in [0.25, 0.3) is 0 Å². The van der Waals surface area contributed by atoms with Crippen molar-refractivity contribution < 1.29 is 9.59 Å². The van der Waals surface area contributed by atoms with Gasteiger partial charge in [-0.3, -0.25) is 14.7 Å². The number of hydrazine groups is 1. The summed E-state index contributed by atoms with van der Waals surface area (Å²) in [5.74, 6) is 0.547. The molecule has 0 atom stereocenters. The van der Waals surface area contributed by atoms with Crippen LogP contribution in [0.25, 0.3) is 0 Å². The lowest BCUT2D eigenvalue weighted by Gasteiger charge is -2.40. The van der Waals surface area contributed by atoms with Crippen LogP contribution in [0.4, 0.5) is 16.3 Å². The minimum absolute atomic E-state index is 0.0200. The molecule has 2 aliphatic rings. The second kappa shape index (κ2) is 5.82. The maximum atomic E-state index is 12.5. The molecule has 3 rings (SSSR count). The molecular formula is C15H21N5O2. The summed E-state index contributed by atoms with van der Waals surface area (Å²) in [4.78, 5) is 30.5. The number of nitrogens with one attached hydrogen (secondary N) is 1. The van der Waals surface area contributed by atoms with Gasteiger partial charge in [0.2, 0.25) is 5.91 Å². The number of hydrogen-bond donors (Lipinski definition) is 1. The maximum absolute atomic E-state index is 12.5. The smallest absolute Gasteiger partial charge is 0.343 e. The Morgan fingerprint density at radius 2 is 2.05 bits per heavy atom. The molecule has 22 heavy (non-hydrogen) atoms. The van der Waals surface area contributed by atoms with E-state index in [1.807, 2.05) is 6.07 Å². The van der Waals surface area contributed by atoms with Gasteiger partial charge in [-0.05, 0) is 25.0 Å². The third-order valence-corrected chi connectivity index (χ3v) is 4.34. The van der Waals surface area contributed by atoms with E-state index in [2.05, 4.69) is 10.3 Å². The van der Waals surface area contributed by atoms with Crippen molar-refractivity contribution in [3.63, 3.8) is 0 Å². The second-order valence-corrected chi connectivity index (χ2v) is 5.81. The van der Waals surface area contributed by atoms with E-state index in [4.69, 9.17) is 0 Å². The molecule has 0 bridgehead atoms. The number of nitrogens with zero attached hydrogens (tertiary/aromatic N) is 4. The van der Waals surface area contributed by atoms with Crippen molar-refractivity contribution in [1.82, 2.24) is 15.3 Å². The summed E-state index contributed by atoms with van der Waals surface area (Å²) < 4.78 is 0. The zero-order valence-electron chi connectivity index (χ0n) is 13.0. The molecule has 1 fully saturated rings. The minimum atomic E-state index is -0.232. The van der Waals surface area contributed by atoms with E-state index in [-0.39, 0.29) is 24.5 Å². The molecule has 3 amide bonds. The predicted molar refractivity (Wildman–Crippen MR) is 83.5 cm³/mol. The van der Waals surface area contributed by atoms with E-state index in [0.29, 0.717) is 11.5 Å². The molecule has 1 N–H and O–H groups in total. The lowest BCUT2D eigenvalue weighted by atomic mass is 10.2. The number of fused-ring (bicyclic) bond motifs is 1. The fourth-order valence-electron chi connectivity index (χ4n) is 3.04. The molecule has 7 heteroatoms. The molecule has 0 unspecified atom stereocenters. The van der Waals surface area contributed by atoms with E-state index in [9.17, 15) is 9.59 Å². The van der Waals surface area contributed by atoms with Crippen LogP contribution >= 0.6 is 0 Å². The molecule has 1 aromatic heterocycles. The Morgan fingerprint density at radius 1 is 1.32 bits per heavy atom. The highest BCUT2D eigenvalue weighted by Gasteiger charge is 2.34. The molecular weight excluding hydrogens is 282 g/mol. The lowest BCUT2D eigenvalue weighted by Crippen LogP contribution is -2.56. The number of pyridine rings is 1. The van der Waals surface area contributed by atoms with E-state index in [1.165, 1.54) is 9.91 Å². The van der Waals surface area contributed by atoms with Crippen LogP contribution in [0, 0.1) is 0 Å². The molecule has 0 aromatic carbocycles. The molecule has 118 valence electrons. The molecule has 0 saturated heterocycles. The van der Waals surface area contributed by atoms with E-state index < -0.39 is 0 Å². The quantitative estimate of drug-likeness (QED) is 0.915. The van der Waals surface area contributed by atoms with Crippen LogP contribution in [0.3, 0.4) is 0 Å². The fourth-order valence-corrected chi connectivity index (χ4v) is 3.04. The van der Waals surface area contributed by atoms with E-state index in [1.54, 1.807) is 31.4 Å². The Morgan fingerprint density at radius 3 is 2.77 bits per heavy atom. The van der Waals surface area contributed by atoms with Crippen molar-refractivity contribution in [3.8, 4) is 0 Å². The monoisotopic (exact) mass is 303 g/mol. The summed E-state index contributed by atoms with van der Waals surface area (Å²) in [5, 5.41) is 6.16. The number of carbonyl (C=O) groups is 2. The van der Waals surface area contributed by atoms with Crippen molar-refractivity contribution in [1.29, 1.82) is 0 Å². The summed E-state index contributed by atoms with van der Waals surface area (Å²) in [6, 6.07) is 3.60. The van der Waals surface area contributed by atoms with Gasteiger partial charge in [0.05, 0.1) is 5.69 Å². The van der Waals surface area contributed by atoms with Gasteiger partial charge in [-0.2, -0.15) is 0 Å². The number of aromatic nitrogens is 1. The molecule has 2 heterocycles. The van der Waals surface area contributed by atoms with E-state index in [0.717, 1.165) is 25.7 Å². The second-order valence-electron chi connectivity index (χ2n) is 5.81. The van der Waals surface area contributed by atoms with Crippen LogP contribution in [-0.2, 0) is 4.79 Å². The number of urea groups is 1. The Labute approximate surface area is 129 Å². The lowest BCUT2D eigenvalue weighted by molar-refractivity contribution is -0.120. The van der Waals surface area contributed by atoms with Crippen molar-refractivity contribution in [2.75, 3.05) is 30.5 Å². The van der Waals surface area contributed by atoms with Gasteiger partial charge >= 0.3 is 6.03 Å². The third-order valence-electron chi connectivity index (χ3n) is 4.34. The Bertz CT molecular complexity index is 585. The van der Waals surface area contributed by atoms with Crippen LogP contribution in [0.15, 0.2) is 18.3 Å². The summed E-state index contributed by atoms with van der Waals surface area (Å²) in [6.45, 7) is 0.0200. The Kier molecular flexibility index (Phi) is 3.87. The van der Waals surface area contributed by atoms with Gasteiger partial charge in [-0.15, -0.1) is 0 Å². The number of rotatable bonds is 3. The zero-order chi connectivity index (χ0) is 15.7. The van der Waals surface area contributed by atoms with E-state index >= 15 is 0 Å². The number of hydrogen-bond acceptors (Lipinski definition) is 4. The molecule has 1 aliphatic heterocycles. The first-order chi connectivity index (χ1) is 10.6. The highest BCUT2D eigenvalue weighted by atomic mass is 16.2. The summed E-state index contributed by atoms with van der Waals surface area (Å²) in [7, 11) is 3.45. The van der Waals surface area contributed by atoms with Crippen LogP contribution in [0.5, 0.6) is 0 Å². The fraction of sp³-hybridized carbons (Fsp3) is 0.533. The maximum Gasteiger partial charge on any atom is 0.343 e.